The molecule has 2 heteroatoms. The lowest BCUT2D eigenvalue weighted by molar-refractivity contribution is 1.32. The van der Waals surface area contributed by atoms with E-state index in [4.69, 9.17) is 4.99 Å². The summed E-state index contributed by atoms with van der Waals surface area (Å²) in [5, 5.41) is 0. The zero-order valence-corrected chi connectivity index (χ0v) is 21.8. The molecule has 0 amide bonds. The van der Waals surface area contributed by atoms with E-state index in [0.717, 1.165) is 22.8 Å². The van der Waals surface area contributed by atoms with Crippen LogP contribution in [0, 0.1) is 27.7 Å². The average Bonchev–Trinajstić information content (AvgIpc) is 3.47. The van der Waals surface area contributed by atoms with Crippen molar-refractivity contribution in [2.45, 2.75) is 27.7 Å². The molecule has 1 aromatic heterocycles. The molecule has 4 aromatic carbocycles. The van der Waals surface area contributed by atoms with E-state index in [1.165, 1.54) is 55.6 Å². The number of aliphatic imine (C=N–C) groups is 1. The van der Waals surface area contributed by atoms with Gasteiger partial charge in [0, 0.05) is 33.6 Å². The fourth-order valence-electron chi connectivity index (χ4n) is 5.26. The first-order valence-corrected chi connectivity index (χ1v) is 12.8. The SMILES string of the molecule is Cc1cc(C)cc(C2=N/C(=C\c3[nH]c(-c4ccccc4)cc3-c3ccccc3)c3cc(C)c(C)cc32)c1. The molecule has 0 atom stereocenters. The summed E-state index contributed by atoms with van der Waals surface area (Å²) >= 11 is 0. The summed E-state index contributed by atoms with van der Waals surface area (Å²) in [6.45, 7) is 8.67. The fourth-order valence-corrected chi connectivity index (χ4v) is 5.26. The summed E-state index contributed by atoms with van der Waals surface area (Å²) in [5.74, 6) is 0. The van der Waals surface area contributed by atoms with Crippen LogP contribution in [-0.2, 0) is 0 Å². The highest BCUT2D eigenvalue weighted by Crippen LogP contribution is 2.38. The van der Waals surface area contributed by atoms with Crippen molar-refractivity contribution in [3.05, 3.63) is 142 Å². The lowest BCUT2D eigenvalue weighted by atomic mass is 9.93. The summed E-state index contributed by atoms with van der Waals surface area (Å²) in [4.78, 5) is 8.97. The molecule has 0 saturated heterocycles. The van der Waals surface area contributed by atoms with Crippen molar-refractivity contribution in [1.29, 1.82) is 0 Å². The summed E-state index contributed by atoms with van der Waals surface area (Å²) in [6.07, 6.45) is 2.22. The Kier molecular flexibility index (Phi) is 5.73. The van der Waals surface area contributed by atoms with Crippen LogP contribution in [0.5, 0.6) is 0 Å². The van der Waals surface area contributed by atoms with Gasteiger partial charge in [-0.25, -0.2) is 4.99 Å². The molecule has 0 saturated carbocycles. The van der Waals surface area contributed by atoms with Gasteiger partial charge in [0.05, 0.1) is 11.4 Å². The van der Waals surface area contributed by atoms with E-state index in [1.807, 2.05) is 0 Å². The summed E-state index contributed by atoms with van der Waals surface area (Å²) in [7, 11) is 0. The number of hydrogen-bond acceptors (Lipinski definition) is 1. The standard InChI is InChI=1S/C35H30N2/c1-22-15-23(2)17-28(16-22)35-31-19-25(4)24(3)18-30(31)34(37-35)21-33-29(26-11-7-5-8-12-26)20-32(36-33)27-13-9-6-10-14-27/h5-21,36H,1-4H3/b34-21-. The topological polar surface area (TPSA) is 28.1 Å². The maximum atomic E-state index is 5.26. The molecular formula is C35H30N2. The summed E-state index contributed by atoms with van der Waals surface area (Å²) in [5.41, 5.74) is 16.4. The van der Waals surface area contributed by atoms with Crippen molar-refractivity contribution in [2.75, 3.05) is 0 Å². The van der Waals surface area contributed by atoms with Gasteiger partial charge in [0.15, 0.2) is 0 Å². The monoisotopic (exact) mass is 478 g/mol. The number of fused-ring (bicyclic) bond motifs is 1. The largest absolute Gasteiger partial charge is 0.354 e. The molecule has 37 heavy (non-hydrogen) atoms. The van der Waals surface area contributed by atoms with Gasteiger partial charge in [-0.2, -0.15) is 0 Å². The first kappa shape index (κ1) is 23.0. The normalized spacial score (nSPS) is 13.6. The Balaban J connectivity index is 1.56. The van der Waals surface area contributed by atoms with Crippen LogP contribution < -0.4 is 0 Å². The zero-order valence-electron chi connectivity index (χ0n) is 21.8. The number of aromatic amines is 1. The predicted molar refractivity (Wildman–Crippen MR) is 157 cm³/mol. The molecule has 1 aliphatic heterocycles. The van der Waals surface area contributed by atoms with Gasteiger partial charge in [0.25, 0.3) is 0 Å². The third-order valence-electron chi connectivity index (χ3n) is 7.19. The third-order valence-corrected chi connectivity index (χ3v) is 7.19. The van der Waals surface area contributed by atoms with E-state index in [1.54, 1.807) is 0 Å². The Labute approximate surface area is 219 Å². The summed E-state index contributed by atoms with van der Waals surface area (Å²) in [6, 6.07) is 34.6. The molecule has 6 rings (SSSR count). The van der Waals surface area contributed by atoms with Crippen molar-refractivity contribution < 1.29 is 0 Å². The van der Waals surface area contributed by atoms with E-state index in [2.05, 4.69) is 136 Å². The van der Waals surface area contributed by atoms with Gasteiger partial charge in [0.1, 0.15) is 0 Å². The Morgan fingerprint density at radius 3 is 1.81 bits per heavy atom. The number of aromatic nitrogens is 1. The lowest BCUT2D eigenvalue weighted by Crippen LogP contribution is -2.03. The number of hydrogen-bond donors (Lipinski definition) is 1. The quantitative estimate of drug-likeness (QED) is 0.267. The number of benzene rings is 4. The molecule has 0 bridgehead atoms. The molecule has 0 spiro atoms. The molecule has 5 aromatic rings. The van der Waals surface area contributed by atoms with Crippen LogP contribution >= 0.6 is 0 Å². The van der Waals surface area contributed by atoms with E-state index in [-0.39, 0.29) is 0 Å². The van der Waals surface area contributed by atoms with Crippen LogP contribution in [0.25, 0.3) is 34.2 Å². The Hall–Kier alpha value is -4.43. The second-order valence-electron chi connectivity index (χ2n) is 10.1. The highest BCUT2D eigenvalue weighted by atomic mass is 14.8. The van der Waals surface area contributed by atoms with Gasteiger partial charge in [-0.1, -0.05) is 77.9 Å². The molecule has 0 radical (unpaired) electrons. The number of rotatable bonds is 4. The maximum Gasteiger partial charge on any atom is 0.0788 e. The van der Waals surface area contributed by atoms with Crippen molar-refractivity contribution in [1.82, 2.24) is 4.98 Å². The Morgan fingerprint density at radius 2 is 1.16 bits per heavy atom. The van der Waals surface area contributed by atoms with Crippen LogP contribution in [0.4, 0.5) is 0 Å². The Bertz CT molecular complexity index is 1660. The second kappa shape index (κ2) is 9.22. The Morgan fingerprint density at radius 1 is 0.568 bits per heavy atom. The number of nitrogens with one attached hydrogen (secondary N) is 1. The van der Waals surface area contributed by atoms with E-state index < -0.39 is 0 Å². The first-order valence-electron chi connectivity index (χ1n) is 12.8. The van der Waals surface area contributed by atoms with Gasteiger partial charge in [-0.3, -0.25) is 0 Å². The van der Waals surface area contributed by atoms with E-state index >= 15 is 0 Å². The lowest BCUT2D eigenvalue weighted by Gasteiger charge is -2.09. The van der Waals surface area contributed by atoms with Crippen molar-refractivity contribution >= 4 is 17.5 Å². The van der Waals surface area contributed by atoms with Gasteiger partial charge < -0.3 is 4.98 Å². The number of nitrogens with zero attached hydrogens (tertiary/aromatic N) is 1. The van der Waals surface area contributed by atoms with Crippen LogP contribution in [0.1, 0.15) is 44.6 Å². The predicted octanol–water partition coefficient (Wildman–Crippen LogP) is 8.93. The molecule has 2 heterocycles. The molecule has 1 aliphatic rings. The van der Waals surface area contributed by atoms with Gasteiger partial charge in [-0.05, 0) is 86.4 Å². The molecule has 0 aliphatic carbocycles. The van der Waals surface area contributed by atoms with Crippen LogP contribution in [0.3, 0.4) is 0 Å². The highest BCUT2D eigenvalue weighted by molar-refractivity contribution is 6.22. The molecule has 0 fully saturated rings. The van der Waals surface area contributed by atoms with E-state index in [0.29, 0.717) is 0 Å². The first-order chi connectivity index (χ1) is 18.0. The van der Waals surface area contributed by atoms with Gasteiger partial charge in [-0.15, -0.1) is 0 Å². The van der Waals surface area contributed by atoms with Crippen LogP contribution in [-0.4, -0.2) is 10.7 Å². The number of H-pyrrole nitrogens is 1. The second-order valence-corrected chi connectivity index (χ2v) is 10.1. The van der Waals surface area contributed by atoms with E-state index in [9.17, 15) is 0 Å². The smallest absolute Gasteiger partial charge is 0.0788 e. The fraction of sp³-hybridized carbons (Fsp3) is 0.114. The number of aryl methyl sites for hydroxylation is 4. The molecule has 0 unspecified atom stereocenters. The zero-order chi connectivity index (χ0) is 25.5. The molecule has 2 nitrogen and oxygen atoms in total. The maximum absolute atomic E-state index is 5.26. The highest BCUT2D eigenvalue weighted by Gasteiger charge is 2.24. The van der Waals surface area contributed by atoms with Crippen LogP contribution in [0.2, 0.25) is 0 Å². The van der Waals surface area contributed by atoms with Crippen LogP contribution in [0.15, 0.2) is 102 Å². The molecule has 1 N–H and O–H groups in total. The third kappa shape index (κ3) is 4.36. The van der Waals surface area contributed by atoms with Crippen molar-refractivity contribution in [3.8, 4) is 22.4 Å². The summed E-state index contributed by atoms with van der Waals surface area (Å²) < 4.78 is 0. The van der Waals surface area contributed by atoms with Gasteiger partial charge >= 0.3 is 0 Å². The average molecular weight is 479 g/mol. The van der Waals surface area contributed by atoms with Crippen molar-refractivity contribution in [2.24, 2.45) is 4.99 Å². The minimum absolute atomic E-state index is 0.992. The molecular weight excluding hydrogens is 448 g/mol. The molecule has 180 valence electrons. The van der Waals surface area contributed by atoms with Crippen molar-refractivity contribution in [3.63, 3.8) is 0 Å². The van der Waals surface area contributed by atoms with Gasteiger partial charge in [0.2, 0.25) is 0 Å². The minimum Gasteiger partial charge on any atom is -0.354 e. The minimum atomic E-state index is 0.992.